The number of para-hydroxylation sites is 1. The highest BCUT2D eigenvalue weighted by Gasteiger charge is 2.35. The summed E-state index contributed by atoms with van der Waals surface area (Å²) in [7, 11) is 0. The monoisotopic (exact) mass is 269 g/mol. The van der Waals surface area contributed by atoms with Crippen LogP contribution >= 0.6 is 0 Å². The van der Waals surface area contributed by atoms with Crippen LogP contribution in [0.4, 0.5) is 0 Å². The third-order valence-corrected chi connectivity index (χ3v) is 4.70. The van der Waals surface area contributed by atoms with Crippen molar-refractivity contribution in [3.05, 3.63) is 35.5 Å². The minimum Gasteiger partial charge on any atom is -0.350 e. The van der Waals surface area contributed by atoms with Gasteiger partial charge < -0.3 is 9.88 Å². The summed E-state index contributed by atoms with van der Waals surface area (Å²) in [6.07, 6.45) is 1.10. The van der Waals surface area contributed by atoms with Crippen molar-refractivity contribution >= 4 is 16.8 Å². The summed E-state index contributed by atoms with van der Waals surface area (Å²) in [6.45, 7) is 5.85. The molecule has 0 radical (unpaired) electrons. The van der Waals surface area contributed by atoms with Gasteiger partial charge in [-0.3, -0.25) is 9.69 Å². The largest absolute Gasteiger partial charge is 0.350 e. The van der Waals surface area contributed by atoms with Crippen LogP contribution in [0, 0.1) is 0 Å². The number of carbonyl (C=O) groups excluding carboxylic acids is 1. The van der Waals surface area contributed by atoms with Crippen LogP contribution < -0.4 is 0 Å². The summed E-state index contributed by atoms with van der Waals surface area (Å²) in [5, 5.41) is 1.19. The molecule has 2 aliphatic heterocycles. The van der Waals surface area contributed by atoms with Gasteiger partial charge in [0.15, 0.2) is 0 Å². The fourth-order valence-corrected chi connectivity index (χ4v) is 3.69. The molecule has 1 saturated heterocycles. The highest BCUT2D eigenvalue weighted by molar-refractivity contribution is 6.01. The number of carbonyl (C=O) groups is 1. The van der Waals surface area contributed by atoms with Gasteiger partial charge in [0.1, 0.15) is 5.69 Å². The van der Waals surface area contributed by atoms with Crippen LogP contribution in [-0.4, -0.2) is 46.4 Å². The first-order valence-electron chi connectivity index (χ1n) is 7.41. The quantitative estimate of drug-likeness (QED) is 0.862. The molecule has 2 aromatic rings. The maximum atomic E-state index is 12.9. The molecular weight excluding hydrogens is 250 g/mol. The summed E-state index contributed by atoms with van der Waals surface area (Å²) in [5.41, 5.74) is 3.04. The normalized spacial score (nSPS) is 25.6. The number of fused-ring (bicyclic) bond motifs is 5. The third-order valence-electron chi connectivity index (χ3n) is 4.70. The highest BCUT2D eigenvalue weighted by Crippen LogP contribution is 2.30. The van der Waals surface area contributed by atoms with E-state index in [1.54, 1.807) is 0 Å². The van der Waals surface area contributed by atoms with Crippen LogP contribution in [-0.2, 0) is 6.54 Å². The molecule has 2 atom stereocenters. The van der Waals surface area contributed by atoms with Gasteiger partial charge in [-0.1, -0.05) is 18.2 Å². The van der Waals surface area contributed by atoms with Gasteiger partial charge >= 0.3 is 0 Å². The Labute approximate surface area is 118 Å². The number of hydrogen-bond acceptors (Lipinski definition) is 2. The fourth-order valence-electron chi connectivity index (χ4n) is 3.69. The van der Waals surface area contributed by atoms with Gasteiger partial charge in [0, 0.05) is 48.7 Å². The topological polar surface area (TPSA) is 39.3 Å². The first kappa shape index (κ1) is 12.0. The molecule has 20 heavy (non-hydrogen) atoms. The molecule has 104 valence electrons. The lowest BCUT2D eigenvalue weighted by Crippen LogP contribution is -2.43. The Hall–Kier alpha value is -1.81. The van der Waals surface area contributed by atoms with E-state index in [1.807, 2.05) is 17.0 Å². The summed E-state index contributed by atoms with van der Waals surface area (Å²) in [5.74, 6) is 0.172. The number of amides is 1. The van der Waals surface area contributed by atoms with E-state index in [9.17, 15) is 4.79 Å². The fraction of sp³-hybridized carbons (Fsp3) is 0.438. The van der Waals surface area contributed by atoms with Crippen molar-refractivity contribution in [3.8, 4) is 0 Å². The average molecular weight is 269 g/mol. The zero-order valence-electron chi connectivity index (χ0n) is 11.7. The Morgan fingerprint density at radius 2 is 2.20 bits per heavy atom. The number of nitrogens with zero attached hydrogens (tertiary/aromatic N) is 2. The predicted molar refractivity (Wildman–Crippen MR) is 78.7 cm³/mol. The molecule has 1 N–H and O–H groups in total. The van der Waals surface area contributed by atoms with Crippen molar-refractivity contribution in [1.29, 1.82) is 0 Å². The lowest BCUT2D eigenvalue weighted by Gasteiger charge is -2.30. The maximum Gasteiger partial charge on any atom is 0.270 e. The van der Waals surface area contributed by atoms with Crippen LogP contribution in [0.3, 0.4) is 0 Å². The standard InChI is InChI=1S/C16H19N3O/c1-2-19-11-7-8-18(9-11)10-13-12-5-3-4-6-14(12)17-15(13)16(19)20/h3-6,11,17H,2,7-10H2,1H3. The zero-order valence-corrected chi connectivity index (χ0v) is 11.7. The molecule has 1 amide bonds. The molecule has 0 spiro atoms. The SMILES string of the molecule is CCN1C(=O)c2[nH]c3ccccc3c2CN2CCC1C2. The number of H-pyrrole nitrogens is 1. The minimum absolute atomic E-state index is 0.172. The van der Waals surface area contributed by atoms with Crippen molar-refractivity contribution < 1.29 is 4.79 Å². The van der Waals surface area contributed by atoms with E-state index in [-0.39, 0.29) is 5.91 Å². The van der Waals surface area contributed by atoms with Gasteiger partial charge in [0.2, 0.25) is 0 Å². The summed E-state index contributed by atoms with van der Waals surface area (Å²) >= 11 is 0. The Kier molecular flexibility index (Phi) is 2.60. The number of likely N-dealkylation sites (N-methyl/N-ethyl adjacent to an activating group) is 1. The number of hydrogen-bond donors (Lipinski definition) is 1. The summed E-state index contributed by atoms with van der Waals surface area (Å²) in [6, 6.07) is 8.61. The van der Waals surface area contributed by atoms with Gasteiger partial charge in [0.05, 0.1) is 0 Å². The Bertz CT molecular complexity index is 675. The van der Waals surface area contributed by atoms with E-state index in [2.05, 4.69) is 28.9 Å². The molecule has 4 nitrogen and oxygen atoms in total. The molecule has 1 aromatic heterocycles. The van der Waals surface area contributed by atoms with Crippen LogP contribution in [0.2, 0.25) is 0 Å². The molecule has 0 aliphatic carbocycles. The van der Waals surface area contributed by atoms with Crippen molar-refractivity contribution in [2.45, 2.75) is 25.9 Å². The van der Waals surface area contributed by atoms with Gasteiger partial charge in [-0.25, -0.2) is 0 Å². The third kappa shape index (κ3) is 1.61. The number of aromatic nitrogens is 1. The number of nitrogens with one attached hydrogen (secondary N) is 1. The van der Waals surface area contributed by atoms with Gasteiger partial charge in [-0.15, -0.1) is 0 Å². The van der Waals surface area contributed by atoms with Crippen molar-refractivity contribution in [1.82, 2.24) is 14.8 Å². The van der Waals surface area contributed by atoms with E-state index < -0.39 is 0 Å². The Morgan fingerprint density at radius 3 is 3.05 bits per heavy atom. The van der Waals surface area contributed by atoms with E-state index in [1.165, 1.54) is 10.9 Å². The van der Waals surface area contributed by atoms with Gasteiger partial charge in [-0.2, -0.15) is 0 Å². The van der Waals surface area contributed by atoms with Crippen LogP contribution in [0.25, 0.3) is 10.9 Å². The van der Waals surface area contributed by atoms with Crippen LogP contribution in [0.1, 0.15) is 29.4 Å². The second-order valence-electron chi connectivity index (χ2n) is 5.79. The summed E-state index contributed by atoms with van der Waals surface area (Å²) in [4.78, 5) is 20.7. The lowest BCUT2D eigenvalue weighted by atomic mass is 10.1. The molecule has 1 fully saturated rings. The molecule has 2 aliphatic rings. The second-order valence-corrected chi connectivity index (χ2v) is 5.79. The lowest BCUT2D eigenvalue weighted by molar-refractivity contribution is 0.0676. The molecule has 2 unspecified atom stereocenters. The second kappa shape index (κ2) is 4.35. The zero-order chi connectivity index (χ0) is 13.7. The maximum absolute atomic E-state index is 12.9. The van der Waals surface area contributed by atoms with E-state index >= 15 is 0 Å². The number of benzene rings is 1. The molecule has 3 heterocycles. The van der Waals surface area contributed by atoms with Gasteiger partial charge in [0.25, 0.3) is 5.91 Å². The average Bonchev–Trinajstić information content (AvgIpc) is 3.05. The number of aromatic amines is 1. The van der Waals surface area contributed by atoms with Crippen LogP contribution in [0.15, 0.2) is 24.3 Å². The van der Waals surface area contributed by atoms with E-state index in [0.717, 1.165) is 43.8 Å². The minimum atomic E-state index is 0.172. The molecular formula is C16H19N3O. The van der Waals surface area contributed by atoms with E-state index in [4.69, 9.17) is 0 Å². The van der Waals surface area contributed by atoms with Crippen molar-refractivity contribution in [3.63, 3.8) is 0 Å². The van der Waals surface area contributed by atoms with Gasteiger partial charge in [-0.05, 0) is 19.4 Å². The molecule has 2 bridgehead atoms. The highest BCUT2D eigenvalue weighted by atomic mass is 16.2. The number of rotatable bonds is 1. The molecule has 0 saturated carbocycles. The molecule has 4 heteroatoms. The smallest absolute Gasteiger partial charge is 0.270 e. The Balaban J connectivity index is 1.92. The summed E-state index contributed by atoms with van der Waals surface area (Å²) < 4.78 is 0. The first-order valence-corrected chi connectivity index (χ1v) is 7.41. The van der Waals surface area contributed by atoms with Crippen LogP contribution in [0.5, 0.6) is 0 Å². The molecule has 1 aromatic carbocycles. The predicted octanol–water partition coefficient (Wildman–Crippen LogP) is 2.22. The van der Waals surface area contributed by atoms with E-state index in [0.29, 0.717) is 6.04 Å². The van der Waals surface area contributed by atoms with Crippen molar-refractivity contribution in [2.75, 3.05) is 19.6 Å². The molecule has 4 rings (SSSR count). The van der Waals surface area contributed by atoms with Crippen molar-refractivity contribution in [2.24, 2.45) is 0 Å². The first-order chi connectivity index (χ1) is 9.78. The Morgan fingerprint density at radius 1 is 1.35 bits per heavy atom.